The van der Waals surface area contributed by atoms with Crippen molar-refractivity contribution in [3.8, 4) is 0 Å². The largest absolute Gasteiger partial charge is 0.481 e. The van der Waals surface area contributed by atoms with Gasteiger partial charge in [0.2, 0.25) is 10.0 Å². The molecule has 1 aliphatic rings. The summed E-state index contributed by atoms with van der Waals surface area (Å²) in [5.41, 5.74) is 2.82. The molecule has 0 saturated carbocycles. The first-order chi connectivity index (χ1) is 13.3. The van der Waals surface area contributed by atoms with Gasteiger partial charge >= 0.3 is 5.97 Å². The molecule has 0 saturated heterocycles. The van der Waals surface area contributed by atoms with E-state index in [9.17, 15) is 23.1 Å². The predicted molar refractivity (Wildman–Crippen MR) is 105 cm³/mol. The van der Waals surface area contributed by atoms with Gasteiger partial charge in [0, 0.05) is 23.6 Å². The quantitative estimate of drug-likeness (QED) is 0.638. The number of hydrogen-bond donors (Lipinski definition) is 2. The minimum Gasteiger partial charge on any atom is -0.481 e. The zero-order chi connectivity index (χ0) is 20.3. The lowest BCUT2D eigenvalue weighted by Gasteiger charge is -2.14. The van der Waals surface area contributed by atoms with E-state index in [0.29, 0.717) is 10.6 Å². The lowest BCUT2D eigenvalue weighted by Crippen LogP contribution is -2.34. The van der Waals surface area contributed by atoms with Crippen LogP contribution in [0.2, 0.25) is 5.02 Å². The minimum absolute atomic E-state index is 0.0222. The van der Waals surface area contributed by atoms with Crippen molar-refractivity contribution in [1.82, 2.24) is 4.72 Å². The number of carbonyl (C=O) groups excluding carboxylic acids is 1. The Hall–Kier alpha value is -2.22. The number of Topliss-reactive ketones (excluding diaryl/α,β-unsaturated/α-hetero) is 1. The summed E-state index contributed by atoms with van der Waals surface area (Å²) in [5.74, 6) is -2.70. The molecule has 0 aromatic heterocycles. The molecule has 2 aromatic rings. The zero-order valence-electron chi connectivity index (χ0n) is 15.0. The zero-order valence-corrected chi connectivity index (χ0v) is 16.6. The summed E-state index contributed by atoms with van der Waals surface area (Å²) in [5, 5.41) is 9.81. The summed E-state index contributed by atoms with van der Waals surface area (Å²) in [7, 11) is -3.90. The molecular formula is C20H20ClNO5S. The smallest absolute Gasteiger partial charge is 0.308 e. The number of aryl methyl sites for hydroxylation is 2. The second-order valence-corrected chi connectivity index (χ2v) is 9.01. The van der Waals surface area contributed by atoms with Crippen LogP contribution in [0.3, 0.4) is 0 Å². The van der Waals surface area contributed by atoms with Crippen molar-refractivity contribution < 1.29 is 23.1 Å². The van der Waals surface area contributed by atoms with Gasteiger partial charge < -0.3 is 5.11 Å². The average Bonchev–Trinajstić information content (AvgIpc) is 3.12. The van der Waals surface area contributed by atoms with Crippen LogP contribution in [0.4, 0.5) is 0 Å². The molecule has 0 aliphatic heterocycles. The normalized spacial score (nSPS) is 14.5. The summed E-state index contributed by atoms with van der Waals surface area (Å²) in [4.78, 5) is 24.1. The van der Waals surface area contributed by atoms with Gasteiger partial charge in [-0.25, -0.2) is 13.1 Å². The fourth-order valence-corrected chi connectivity index (χ4v) is 4.45. The number of carboxylic acids is 1. The van der Waals surface area contributed by atoms with Crippen molar-refractivity contribution >= 4 is 33.4 Å². The van der Waals surface area contributed by atoms with Gasteiger partial charge in [-0.3, -0.25) is 9.59 Å². The topological polar surface area (TPSA) is 101 Å². The maximum absolute atomic E-state index is 12.5. The highest BCUT2D eigenvalue weighted by Gasteiger charge is 2.25. The summed E-state index contributed by atoms with van der Waals surface area (Å²) < 4.78 is 26.9. The summed E-state index contributed by atoms with van der Waals surface area (Å²) in [6.07, 6.45) is 2.68. The maximum Gasteiger partial charge on any atom is 0.308 e. The van der Waals surface area contributed by atoms with Crippen LogP contribution in [-0.4, -0.2) is 31.8 Å². The Labute approximate surface area is 168 Å². The van der Waals surface area contributed by atoms with E-state index in [1.165, 1.54) is 29.8 Å². The highest BCUT2D eigenvalue weighted by atomic mass is 35.5. The van der Waals surface area contributed by atoms with E-state index in [0.717, 1.165) is 24.8 Å². The van der Waals surface area contributed by atoms with Crippen LogP contribution >= 0.6 is 11.6 Å². The average molecular weight is 422 g/mol. The van der Waals surface area contributed by atoms with Crippen LogP contribution < -0.4 is 4.72 Å². The van der Waals surface area contributed by atoms with Crippen LogP contribution in [0.1, 0.15) is 34.3 Å². The van der Waals surface area contributed by atoms with Gasteiger partial charge in [0.25, 0.3) is 0 Å². The highest BCUT2D eigenvalue weighted by molar-refractivity contribution is 7.89. The SMILES string of the molecule is O=C(CC(CNS(=O)(=O)c1ccc(Cl)cc1)C(=O)O)c1ccc2c(c1)CCC2. The van der Waals surface area contributed by atoms with Crippen LogP contribution in [0.25, 0.3) is 0 Å². The Kier molecular flexibility index (Phi) is 6.17. The highest BCUT2D eigenvalue weighted by Crippen LogP contribution is 2.24. The summed E-state index contributed by atoms with van der Waals surface area (Å²) in [6, 6.07) is 11.0. The Morgan fingerprint density at radius 3 is 2.43 bits per heavy atom. The number of halogens is 1. The third-order valence-electron chi connectivity index (χ3n) is 4.85. The van der Waals surface area contributed by atoms with Crippen molar-refractivity contribution in [2.24, 2.45) is 5.92 Å². The Bertz CT molecular complexity index is 1000. The standard InChI is InChI=1S/C20H20ClNO5S/c21-17-6-8-18(9-7-17)28(26,27)22-12-16(20(24)25)11-19(23)15-5-4-13-2-1-3-14(13)10-15/h4-10,16,22H,1-3,11-12H2,(H,24,25). The summed E-state index contributed by atoms with van der Waals surface area (Å²) in [6.45, 7) is -0.378. The maximum atomic E-state index is 12.5. The first-order valence-corrected chi connectivity index (χ1v) is 10.8. The molecule has 0 amide bonds. The number of hydrogen-bond acceptors (Lipinski definition) is 4. The monoisotopic (exact) mass is 421 g/mol. The number of benzene rings is 2. The van der Waals surface area contributed by atoms with Gasteiger partial charge in [-0.15, -0.1) is 0 Å². The van der Waals surface area contributed by atoms with E-state index in [1.54, 1.807) is 6.07 Å². The molecular weight excluding hydrogens is 402 g/mol. The van der Waals surface area contributed by atoms with Crippen LogP contribution in [-0.2, 0) is 27.7 Å². The molecule has 1 atom stereocenters. The lowest BCUT2D eigenvalue weighted by atomic mass is 9.96. The molecule has 28 heavy (non-hydrogen) atoms. The van der Waals surface area contributed by atoms with Gasteiger partial charge in [-0.05, 0) is 60.7 Å². The van der Waals surface area contributed by atoms with Crippen molar-refractivity contribution in [2.75, 3.05) is 6.54 Å². The molecule has 0 fully saturated rings. The van der Waals surface area contributed by atoms with Crippen molar-refractivity contribution in [1.29, 1.82) is 0 Å². The number of aliphatic carboxylic acids is 1. The van der Waals surface area contributed by atoms with Gasteiger partial charge in [-0.1, -0.05) is 23.7 Å². The number of carboxylic acid groups (broad SMARTS) is 1. The van der Waals surface area contributed by atoms with E-state index in [1.807, 2.05) is 12.1 Å². The third-order valence-corrected chi connectivity index (χ3v) is 6.54. The first kappa shape index (κ1) is 20.5. The number of sulfonamides is 1. The number of ketones is 1. The second kappa shape index (κ2) is 8.43. The molecule has 0 bridgehead atoms. The van der Waals surface area contributed by atoms with E-state index in [-0.39, 0.29) is 23.6 Å². The molecule has 0 heterocycles. The molecule has 6 nitrogen and oxygen atoms in total. The third kappa shape index (κ3) is 4.79. The van der Waals surface area contributed by atoms with Crippen LogP contribution in [0.5, 0.6) is 0 Å². The minimum atomic E-state index is -3.90. The van der Waals surface area contributed by atoms with Crippen LogP contribution in [0.15, 0.2) is 47.4 Å². The Morgan fingerprint density at radius 1 is 1.07 bits per heavy atom. The van der Waals surface area contributed by atoms with Gasteiger partial charge in [0.05, 0.1) is 10.8 Å². The fourth-order valence-electron chi connectivity index (χ4n) is 3.24. The van der Waals surface area contributed by atoms with Crippen LogP contribution in [0, 0.1) is 5.92 Å². The molecule has 0 radical (unpaired) electrons. The first-order valence-electron chi connectivity index (χ1n) is 8.89. The molecule has 1 unspecified atom stereocenters. The van der Waals surface area contributed by atoms with Crippen molar-refractivity contribution in [2.45, 2.75) is 30.6 Å². The molecule has 8 heteroatoms. The van der Waals surface area contributed by atoms with Gasteiger partial charge in [0.1, 0.15) is 0 Å². The number of fused-ring (bicyclic) bond motifs is 1. The van der Waals surface area contributed by atoms with E-state index in [4.69, 9.17) is 11.6 Å². The molecule has 0 spiro atoms. The van der Waals surface area contributed by atoms with Crippen molar-refractivity contribution in [3.63, 3.8) is 0 Å². The molecule has 3 rings (SSSR count). The summed E-state index contributed by atoms with van der Waals surface area (Å²) >= 11 is 5.75. The van der Waals surface area contributed by atoms with Crippen molar-refractivity contribution in [3.05, 3.63) is 64.2 Å². The molecule has 2 aromatic carbocycles. The second-order valence-electron chi connectivity index (χ2n) is 6.81. The number of rotatable bonds is 8. The molecule has 148 valence electrons. The van der Waals surface area contributed by atoms with E-state index in [2.05, 4.69) is 4.72 Å². The van der Waals surface area contributed by atoms with E-state index >= 15 is 0 Å². The molecule has 1 aliphatic carbocycles. The van der Waals surface area contributed by atoms with Gasteiger partial charge in [0.15, 0.2) is 5.78 Å². The predicted octanol–water partition coefficient (Wildman–Crippen LogP) is 3.08. The fraction of sp³-hybridized carbons (Fsp3) is 0.300. The Balaban J connectivity index is 1.67. The molecule has 2 N–H and O–H groups in total. The number of carbonyl (C=O) groups is 2. The Morgan fingerprint density at radius 2 is 1.75 bits per heavy atom. The van der Waals surface area contributed by atoms with E-state index < -0.39 is 21.9 Å². The lowest BCUT2D eigenvalue weighted by molar-refractivity contribution is -0.141. The van der Waals surface area contributed by atoms with Gasteiger partial charge in [-0.2, -0.15) is 0 Å². The number of nitrogens with one attached hydrogen (secondary N) is 1.